The Balaban J connectivity index is 2.33. The van der Waals surface area contributed by atoms with Gasteiger partial charge in [-0.05, 0) is 12.8 Å². The smallest absolute Gasteiger partial charge is 0.252 e. The number of piperazine rings is 1. The molecule has 20 heavy (non-hydrogen) atoms. The van der Waals surface area contributed by atoms with Crippen LogP contribution in [-0.2, 0) is 0 Å². The fourth-order valence-electron chi connectivity index (χ4n) is 2.67. The zero-order valence-electron chi connectivity index (χ0n) is 12.9. The number of aromatic nitrogens is 2. The van der Waals surface area contributed by atoms with Crippen LogP contribution in [0.1, 0.15) is 52.3 Å². The van der Waals surface area contributed by atoms with E-state index in [9.17, 15) is 4.79 Å². The van der Waals surface area contributed by atoms with Gasteiger partial charge in [0.25, 0.3) is 5.56 Å². The molecule has 2 heterocycles. The number of hydrogen-bond donors (Lipinski definition) is 2. The molecular weight excluding hydrogens is 252 g/mol. The SMILES string of the molecule is CCC1CN(c2cc(=O)[nH]c(C(C)C)n2)C(CC)CN1. The first-order valence-corrected chi connectivity index (χ1v) is 7.66. The Bertz CT molecular complexity index is 497. The fraction of sp³-hybridized carbons (Fsp3) is 0.733. The van der Waals surface area contributed by atoms with Crippen LogP contribution in [0.3, 0.4) is 0 Å². The summed E-state index contributed by atoms with van der Waals surface area (Å²) in [6.45, 7) is 10.3. The highest BCUT2D eigenvalue weighted by molar-refractivity contribution is 5.40. The van der Waals surface area contributed by atoms with Crippen LogP contribution in [0.2, 0.25) is 0 Å². The van der Waals surface area contributed by atoms with E-state index in [1.54, 1.807) is 6.07 Å². The standard InChI is InChI=1S/C15H26N4O/c1-5-11-9-19(12(6-2)8-16-11)13-7-14(20)18-15(17-13)10(3)4/h7,10-12,16H,5-6,8-9H2,1-4H3,(H,17,18,20). The summed E-state index contributed by atoms with van der Waals surface area (Å²) in [6.07, 6.45) is 2.14. The molecule has 0 aromatic carbocycles. The van der Waals surface area contributed by atoms with Gasteiger partial charge >= 0.3 is 0 Å². The van der Waals surface area contributed by atoms with Crippen molar-refractivity contribution in [2.45, 2.75) is 58.5 Å². The number of nitrogens with one attached hydrogen (secondary N) is 2. The van der Waals surface area contributed by atoms with E-state index < -0.39 is 0 Å². The van der Waals surface area contributed by atoms with Gasteiger partial charge in [0.15, 0.2) is 0 Å². The number of hydrogen-bond acceptors (Lipinski definition) is 4. The van der Waals surface area contributed by atoms with Gasteiger partial charge < -0.3 is 15.2 Å². The third-order valence-corrected chi connectivity index (χ3v) is 4.05. The Morgan fingerprint density at radius 1 is 1.40 bits per heavy atom. The van der Waals surface area contributed by atoms with E-state index in [1.807, 2.05) is 13.8 Å². The third-order valence-electron chi connectivity index (χ3n) is 4.05. The van der Waals surface area contributed by atoms with Crippen molar-refractivity contribution in [1.29, 1.82) is 0 Å². The molecule has 2 N–H and O–H groups in total. The fourth-order valence-corrected chi connectivity index (χ4v) is 2.67. The van der Waals surface area contributed by atoms with Crippen molar-refractivity contribution < 1.29 is 0 Å². The average Bonchev–Trinajstić information content (AvgIpc) is 2.45. The Morgan fingerprint density at radius 2 is 2.15 bits per heavy atom. The van der Waals surface area contributed by atoms with E-state index in [0.717, 1.165) is 37.6 Å². The summed E-state index contributed by atoms with van der Waals surface area (Å²) >= 11 is 0. The van der Waals surface area contributed by atoms with E-state index in [0.29, 0.717) is 12.1 Å². The third kappa shape index (κ3) is 3.20. The summed E-state index contributed by atoms with van der Waals surface area (Å²) in [6, 6.07) is 2.51. The van der Waals surface area contributed by atoms with Gasteiger partial charge in [-0.2, -0.15) is 0 Å². The van der Waals surface area contributed by atoms with Crippen LogP contribution in [0, 0.1) is 0 Å². The minimum atomic E-state index is -0.0554. The van der Waals surface area contributed by atoms with E-state index in [4.69, 9.17) is 0 Å². The molecule has 2 unspecified atom stereocenters. The van der Waals surface area contributed by atoms with Gasteiger partial charge in [0, 0.05) is 37.2 Å². The maximum Gasteiger partial charge on any atom is 0.252 e. The van der Waals surface area contributed by atoms with Gasteiger partial charge in [0.05, 0.1) is 0 Å². The molecule has 2 rings (SSSR count). The van der Waals surface area contributed by atoms with Crippen LogP contribution in [0.15, 0.2) is 10.9 Å². The molecule has 0 aliphatic carbocycles. The molecule has 5 heteroatoms. The predicted molar refractivity (Wildman–Crippen MR) is 82.5 cm³/mol. The normalized spacial score (nSPS) is 23.4. The number of nitrogens with zero attached hydrogens (tertiary/aromatic N) is 2. The second-order valence-electron chi connectivity index (χ2n) is 5.87. The molecule has 1 aliphatic rings. The van der Waals surface area contributed by atoms with Crippen LogP contribution >= 0.6 is 0 Å². The number of rotatable bonds is 4. The van der Waals surface area contributed by atoms with Crippen molar-refractivity contribution in [1.82, 2.24) is 15.3 Å². The second kappa shape index (κ2) is 6.39. The van der Waals surface area contributed by atoms with Crippen LogP contribution in [0.5, 0.6) is 0 Å². The van der Waals surface area contributed by atoms with Crippen LogP contribution < -0.4 is 15.8 Å². The van der Waals surface area contributed by atoms with Gasteiger partial charge in [-0.25, -0.2) is 4.98 Å². The predicted octanol–water partition coefficient (Wildman–Crippen LogP) is 1.86. The molecule has 2 atom stereocenters. The molecule has 112 valence electrons. The summed E-state index contributed by atoms with van der Waals surface area (Å²) in [5.41, 5.74) is -0.0554. The Morgan fingerprint density at radius 3 is 2.75 bits per heavy atom. The second-order valence-corrected chi connectivity index (χ2v) is 5.87. The van der Waals surface area contributed by atoms with Crippen molar-refractivity contribution in [2.24, 2.45) is 0 Å². The first-order chi connectivity index (χ1) is 9.55. The highest BCUT2D eigenvalue weighted by atomic mass is 16.1. The van der Waals surface area contributed by atoms with Gasteiger partial charge in [0.1, 0.15) is 11.6 Å². The lowest BCUT2D eigenvalue weighted by Gasteiger charge is -2.40. The molecule has 1 aromatic rings. The van der Waals surface area contributed by atoms with Crippen molar-refractivity contribution >= 4 is 5.82 Å². The molecule has 0 bridgehead atoms. The van der Waals surface area contributed by atoms with Gasteiger partial charge in [0.2, 0.25) is 0 Å². The maximum atomic E-state index is 11.9. The van der Waals surface area contributed by atoms with E-state index >= 15 is 0 Å². The zero-order valence-corrected chi connectivity index (χ0v) is 12.9. The van der Waals surface area contributed by atoms with Crippen LogP contribution in [-0.4, -0.2) is 35.1 Å². The monoisotopic (exact) mass is 278 g/mol. The van der Waals surface area contributed by atoms with Gasteiger partial charge in [-0.1, -0.05) is 27.7 Å². The average molecular weight is 278 g/mol. The van der Waals surface area contributed by atoms with Crippen LogP contribution in [0.25, 0.3) is 0 Å². The van der Waals surface area contributed by atoms with Gasteiger partial charge in [-0.15, -0.1) is 0 Å². The first-order valence-electron chi connectivity index (χ1n) is 7.66. The molecule has 0 amide bonds. The molecule has 0 radical (unpaired) electrons. The minimum Gasteiger partial charge on any atom is -0.351 e. The quantitative estimate of drug-likeness (QED) is 0.882. The largest absolute Gasteiger partial charge is 0.351 e. The van der Waals surface area contributed by atoms with E-state index in [-0.39, 0.29) is 11.5 Å². The summed E-state index contributed by atoms with van der Waals surface area (Å²) in [4.78, 5) is 21.7. The maximum absolute atomic E-state index is 11.9. The van der Waals surface area contributed by atoms with Crippen molar-refractivity contribution in [3.63, 3.8) is 0 Å². The lowest BCUT2D eigenvalue weighted by Crippen LogP contribution is -2.56. The summed E-state index contributed by atoms with van der Waals surface area (Å²) in [5.74, 6) is 1.82. The summed E-state index contributed by atoms with van der Waals surface area (Å²) in [5, 5.41) is 3.57. The highest BCUT2D eigenvalue weighted by Crippen LogP contribution is 2.20. The molecule has 1 aliphatic heterocycles. The topological polar surface area (TPSA) is 61.0 Å². The zero-order chi connectivity index (χ0) is 14.7. The molecule has 1 fully saturated rings. The lowest BCUT2D eigenvalue weighted by molar-refractivity contribution is 0.376. The van der Waals surface area contributed by atoms with Gasteiger partial charge in [-0.3, -0.25) is 4.79 Å². The van der Waals surface area contributed by atoms with E-state index in [1.165, 1.54) is 0 Å². The Kier molecular flexibility index (Phi) is 4.81. The van der Waals surface area contributed by atoms with Crippen molar-refractivity contribution in [3.8, 4) is 0 Å². The molecule has 0 saturated carbocycles. The van der Waals surface area contributed by atoms with Crippen LogP contribution in [0.4, 0.5) is 5.82 Å². The minimum absolute atomic E-state index is 0.0554. The Labute approximate surface area is 120 Å². The highest BCUT2D eigenvalue weighted by Gasteiger charge is 2.27. The molecule has 1 saturated heterocycles. The van der Waals surface area contributed by atoms with Crippen molar-refractivity contribution in [2.75, 3.05) is 18.0 Å². The lowest BCUT2D eigenvalue weighted by atomic mass is 10.1. The number of H-pyrrole nitrogens is 1. The van der Waals surface area contributed by atoms with E-state index in [2.05, 4.69) is 34.0 Å². The molecule has 1 aromatic heterocycles. The number of aromatic amines is 1. The Hall–Kier alpha value is -1.36. The molecule has 0 spiro atoms. The summed E-state index contributed by atoms with van der Waals surface area (Å²) in [7, 11) is 0. The molecular formula is C15H26N4O. The summed E-state index contributed by atoms with van der Waals surface area (Å²) < 4.78 is 0. The number of anilines is 1. The molecule has 5 nitrogen and oxygen atoms in total. The first kappa shape index (κ1) is 15.0. The van der Waals surface area contributed by atoms with Crippen molar-refractivity contribution in [3.05, 3.63) is 22.2 Å².